The molecule has 2 heterocycles. The topological polar surface area (TPSA) is 200 Å². The van der Waals surface area contributed by atoms with E-state index >= 15 is 0 Å². The van der Waals surface area contributed by atoms with Crippen LogP contribution in [0.25, 0.3) is 5.69 Å². The van der Waals surface area contributed by atoms with Crippen molar-refractivity contribution in [2.75, 3.05) is 19.3 Å². The smallest absolute Gasteiger partial charge is 0.475 e. The van der Waals surface area contributed by atoms with E-state index in [9.17, 15) is 37.1 Å². The second-order valence-corrected chi connectivity index (χ2v) is 12.9. The summed E-state index contributed by atoms with van der Waals surface area (Å²) in [6, 6.07) is 13.8. The quantitative estimate of drug-likeness (QED) is 0.184. The average molecular weight is 704 g/mol. The van der Waals surface area contributed by atoms with Crippen molar-refractivity contribution in [3.8, 4) is 5.69 Å². The zero-order chi connectivity index (χ0) is 34.8. The minimum atomic E-state index is -5.08. The van der Waals surface area contributed by atoms with E-state index in [4.69, 9.17) is 21.5 Å². The van der Waals surface area contributed by atoms with E-state index in [1.165, 1.54) is 11.0 Å². The minimum absolute atomic E-state index is 0.142. The third kappa shape index (κ3) is 12.0. The first-order chi connectivity index (χ1) is 22.0. The van der Waals surface area contributed by atoms with Crippen LogP contribution in [0.3, 0.4) is 0 Å². The molecular formula is C28H34ClF3N7O7P. The summed E-state index contributed by atoms with van der Waals surface area (Å²) in [5.74, 6) is -3.27. The molecule has 1 aliphatic heterocycles. The Morgan fingerprint density at radius 3 is 2.43 bits per heavy atom. The largest absolute Gasteiger partial charge is 0.490 e. The number of nitrogens with one attached hydrogen (secondary N) is 2. The van der Waals surface area contributed by atoms with Crippen LogP contribution >= 0.6 is 19.2 Å². The molecular weight excluding hydrogens is 670 g/mol. The van der Waals surface area contributed by atoms with Crippen LogP contribution in [0, 0.1) is 0 Å². The number of rotatable bonds is 11. The Bertz CT molecular complexity index is 1540. The van der Waals surface area contributed by atoms with Gasteiger partial charge in [0, 0.05) is 11.6 Å². The molecule has 1 aliphatic rings. The number of carbonyl (C=O) groups excluding carboxylic acids is 2. The van der Waals surface area contributed by atoms with E-state index in [-0.39, 0.29) is 36.9 Å². The number of likely N-dealkylation sites (tertiary alicyclic amines) is 1. The van der Waals surface area contributed by atoms with Gasteiger partial charge in [0.25, 0.3) is 0 Å². The average Bonchev–Trinajstić information content (AvgIpc) is 3.54. The molecule has 256 valence electrons. The summed E-state index contributed by atoms with van der Waals surface area (Å²) in [5, 5.41) is 24.5. The predicted octanol–water partition coefficient (Wildman–Crippen LogP) is 2.89. The highest BCUT2D eigenvalue weighted by Crippen LogP contribution is 2.36. The number of alkyl halides is 3. The molecule has 5 N–H and O–H groups in total. The van der Waals surface area contributed by atoms with Crippen molar-refractivity contribution >= 4 is 37.0 Å². The molecule has 3 atom stereocenters. The normalized spacial score (nSPS) is 17.6. The van der Waals surface area contributed by atoms with E-state index in [1.807, 2.05) is 35.2 Å². The van der Waals surface area contributed by atoms with Gasteiger partial charge < -0.3 is 25.5 Å². The second-order valence-electron chi connectivity index (χ2n) is 10.7. The number of tetrazole rings is 1. The zero-order valence-electron chi connectivity index (χ0n) is 25.0. The summed E-state index contributed by atoms with van der Waals surface area (Å²) in [5.41, 5.74) is 2.49. The van der Waals surface area contributed by atoms with Crippen LogP contribution in [0.15, 0.2) is 54.9 Å². The number of benzene rings is 2. The van der Waals surface area contributed by atoms with Crippen molar-refractivity contribution < 1.29 is 47.0 Å². The number of halogens is 4. The highest BCUT2D eigenvalue weighted by Gasteiger charge is 2.38. The fraction of sp³-hybridized carbons (Fsp3) is 0.429. The number of carboxylic acid groups (broad SMARTS) is 1. The van der Waals surface area contributed by atoms with Gasteiger partial charge in [-0.15, -0.1) is 5.10 Å². The van der Waals surface area contributed by atoms with Crippen LogP contribution in [-0.2, 0) is 25.5 Å². The highest BCUT2D eigenvalue weighted by molar-refractivity contribution is 7.51. The number of hydrogen-bond donors (Lipinski definition) is 5. The summed E-state index contributed by atoms with van der Waals surface area (Å²) in [7, 11) is -4.13. The molecule has 0 spiro atoms. The molecule has 47 heavy (non-hydrogen) atoms. The Hall–Kier alpha value is -3.89. The first-order valence-corrected chi connectivity index (χ1v) is 16.5. The third-order valence-electron chi connectivity index (χ3n) is 7.27. The Morgan fingerprint density at radius 2 is 1.83 bits per heavy atom. The van der Waals surface area contributed by atoms with Gasteiger partial charge in [0.15, 0.2) is 0 Å². The molecule has 2 aromatic carbocycles. The maximum atomic E-state index is 13.5. The van der Waals surface area contributed by atoms with Gasteiger partial charge in [-0.2, -0.15) is 13.2 Å². The molecule has 14 nitrogen and oxygen atoms in total. The fourth-order valence-corrected chi connectivity index (χ4v) is 5.71. The van der Waals surface area contributed by atoms with Gasteiger partial charge in [-0.1, -0.05) is 41.9 Å². The van der Waals surface area contributed by atoms with Crippen molar-refractivity contribution in [1.29, 1.82) is 0 Å². The number of carboxylic acids is 1. The van der Waals surface area contributed by atoms with E-state index in [2.05, 4.69) is 26.2 Å². The summed E-state index contributed by atoms with van der Waals surface area (Å²) >= 11 is 6.16. The molecule has 1 saturated heterocycles. The van der Waals surface area contributed by atoms with Crippen LogP contribution in [-0.4, -0.2) is 95.3 Å². The van der Waals surface area contributed by atoms with Crippen LogP contribution in [0.5, 0.6) is 0 Å². The van der Waals surface area contributed by atoms with Gasteiger partial charge in [0.1, 0.15) is 12.4 Å². The number of amides is 2. The van der Waals surface area contributed by atoms with Crippen LogP contribution in [0.1, 0.15) is 43.2 Å². The Balaban J connectivity index is 0.000000771. The molecule has 1 aromatic heterocycles. The van der Waals surface area contributed by atoms with Crippen molar-refractivity contribution in [1.82, 2.24) is 35.7 Å². The van der Waals surface area contributed by atoms with Gasteiger partial charge in [-0.3, -0.25) is 19.1 Å². The number of carbonyl (C=O) groups is 3. The molecule has 0 aliphatic carbocycles. The Labute approximate surface area is 272 Å². The van der Waals surface area contributed by atoms with Crippen LogP contribution < -0.4 is 10.6 Å². The van der Waals surface area contributed by atoms with E-state index in [0.717, 1.165) is 12.0 Å². The Morgan fingerprint density at radius 1 is 1.15 bits per heavy atom. The molecule has 0 saturated carbocycles. The van der Waals surface area contributed by atoms with Crippen molar-refractivity contribution in [2.45, 2.75) is 56.9 Å². The van der Waals surface area contributed by atoms with E-state index in [1.54, 1.807) is 25.1 Å². The van der Waals surface area contributed by atoms with E-state index < -0.39 is 31.8 Å². The molecule has 0 radical (unpaired) electrons. The van der Waals surface area contributed by atoms with Gasteiger partial charge in [0.2, 0.25) is 11.8 Å². The number of aliphatic carboxylic acids is 1. The molecule has 1 fully saturated rings. The molecule has 0 bridgehead atoms. The SMILES string of the molecule is CC(NC(=O)[C@H]1C[C@@H](c2ccccc2)CCN1CCCP(=O)(O)O)C(=O)NCc1cc(Cl)ccc1-n1cnnn1.O=C(O)C(F)(F)F. The first-order valence-electron chi connectivity index (χ1n) is 14.3. The minimum Gasteiger partial charge on any atom is -0.475 e. The van der Waals surface area contributed by atoms with Gasteiger partial charge >= 0.3 is 19.7 Å². The van der Waals surface area contributed by atoms with Gasteiger partial charge in [0.05, 0.1) is 17.9 Å². The zero-order valence-corrected chi connectivity index (χ0v) is 26.7. The standard InChI is InChI=1S/C26H33ClN7O5P.C2HF3O2/c1-18(25(35)28-16-21-14-22(27)8-9-23(21)34-17-29-31-32-34)30-26(36)24-15-20(19-6-3-2-4-7-19)10-12-33(24)11-5-13-40(37,38)39;3-2(4,5)1(6)7/h2-4,6-9,14,17-18,20,24H,5,10-13,15-16H2,1H3,(H,28,35)(H,30,36)(H2,37,38,39);(H,6,7)/t18?,20-,24+;/m0./s1. The predicted molar refractivity (Wildman–Crippen MR) is 163 cm³/mol. The summed E-state index contributed by atoms with van der Waals surface area (Å²) in [6.07, 6.45) is -2.25. The van der Waals surface area contributed by atoms with E-state index in [0.29, 0.717) is 35.8 Å². The maximum absolute atomic E-state index is 13.5. The maximum Gasteiger partial charge on any atom is 0.490 e. The monoisotopic (exact) mass is 703 g/mol. The van der Waals surface area contributed by atoms with Crippen molar-refractivity contribution in [2.24, 2.45) is 0 Å². The third-order valence-corrected chi connectivity index (χ3v) is 8.40. The number of piperidine rings is 1. The second kappa shape index (κ2) is 16.8. The van der Waals surface area contributed by atoms with Crippen LogP contribution in [0.2, 0.25) is 5.02 Å². The number of hydrogen-bond acceptors (Lipinski definition) is 8. The lowest BCUT2D eigenvalue weighted by molar-refractivity contribution is -0.192. The molecule has 2 amide bonds. The first kappa shape index (κ1) is 37.6. The lowest BCUT2D eigenvalue weighted by Gasteiger charge is -2.39. The molecule has 1 unspecified atom stereocenters. The fourth-order valence-electron chi connectivity index (χ4n) is 4.96. The molecule has 3 aromatic rings. The molecule has 19 heteroatoms. The van der Waals surface area contributed by atoms with Gasteiger partial charge in [-0.05, 0) is 84.9 Å². The van der Waals surface area contributed by atoms with Crippen molar-refractivity contribution in [3.05, 3.63) is 71.0 Å². The highest BCUT2D eigenvalue weighted by atomic mass is 35.5. The summed E-state index contributed by atoms with van der Waals surface area (Å²) in [6.45, 7) is 2.74. The molecule has 4 rings (SSSR count). The summed E-state index contributed by atoms with van der Waals surface area (Å²) in [4.78, 5) is 55.8. The lowest BCUT2D eigenvalue weighted by atomic mass is 9.85. The lowest BCUT2D eigenvalue weighted by Crippen LogP contribution is -2.55. The van der Waals surface area contributed by atoms with Crippen molar-refractivity contribution in [3.63, 3.8) is 0 Å². The van der Waals surface area contributed by atoms with Gasteiger partial charge in [-0.25, -0.2) is 9.48 Å². The Kier molecular flexibility index (Phi) is 13.4. The number of nitrogens with zero attached hydrogens (tertiary/aromatic N) is 5. The summed E-state index contributed by atoms with van der Waals surface area (Å²) < 4.78 is 44.6. The number of aromatic nitrogens is 4. The van der Waals surface area contributed by atoms with Crippen LogP contribution in [0.4, 0.5) is 13.2 Å².